The van der Waals surface area contributed by atoms with Gasteiger partial charge in [0.1, 0.15) is 24.9 Å². The lowest BCUT2D eigenvalue weighted by Gasteiger charge is -2.27. The third-order valence-electron chi connectivity index (χ3n) is 6.30. The van der Waals surface area contributed by atoms with Gasteiger partial charge in [-0.15, -0.1) is 0 Å². The van der Waals surface area contributed by atoms with Crippen LogP contribution in [0.2, 0.25) is 0 Å². The molecule has 0 aromatic carbocycles. The predicted molar refractivity (Wildman–Crippen MR) is 127 cm³/mol. The summed E-state index contributed by atoms with van der Waals surface area (Å²) in [6.45, 7) is 7.09. The van der Waals surface area contributed by atoms with E-state index in [1.54, 1.807) is 13.8 Å². The molecule has 12 heteroatoms. The van der Waals surface area contributed by atoms with Crippen molar-refractivity contribution in [3.05, 3.63) is 0 Å². The average molecular weight is 523 g/mol. The van der Waals surface area contributed by atoms with Crippen LogP contribution in [0.15, 0.2) is 0 Å². The average Bonchev–Trinajstić information content (AvgIpc) is 3.28. The summed E-state index contributed by atoms with van der Waals surface area (Å²) in [7, 11) is -4.00. The maximum absolute atomic E-state index is 12.4. The predicted octanol–water partition coefficient (Wildman–Crippen LogP) is 2.69. The third kappa shape index (κ3) is 8.80. The molecule has 3 aliphatic rings. The number of hydrogen-bond donors (Lipinski definition) is 1. The largest absolute Gasteiger partial charge is 0.446 e. The highest BCUT2D eigenvalue weighted by Crippen LogP contribution is 2.39. The molecule has 3 fully saturated rings. The Morgan fingerprint density at radius 1 is 1.03 bits per heavy atom. The number of unbranched alkanes of at least 4 members (excludes halogenated alkanes) is 7. The summed E-state index contributed by atoms with van der Waals surface area (Å²) in [4.78, 5) is 12.2. The number of nitrogens with one attached hydrogen (secondary N) is 1. The number of hydrogen-bond acceptors (Lipinski definition) is 9. The summed E-state index contributed by atoms with van der Waals surface area (Å²) >= 11 is 0. The van der Waals surface area contributed by atoms with Crippen LogP contribution in [0.1, 0.15) is 72.1 Å². The quantitative estimate of drug-likeness (QED) is 0.343. The Kier molecular flexibility index (Phi) is 11.0. The number of carbonyl (C=O) groups excluding carboxylic acids is 1. The van der Waals surface area contributed by atoms with Gasteiger partial charge in [0.2, 0.25) is 0 Å². The van der Waals surface area contributed by atoms with Crippen molar-refractivity contribution >= 4 is 16.3 Å². The lowest BCUT2D eigenvalue weighted by atomic mass is 10.1. The molecule has 0 aromatic heterocycles. The molecule has 4 atom stereocenters. The summed E-state index contributed by atoms with van der Waals surface area (Å²) in [5, 5.41) is 0. The fourth-order valence-electron chi connectivity index (χ4n) is 4.48. The van der Waals surface area contributed by atoms with Crippen molar-refractivity contribution < 1.29 is 41.6 Å². The van der Waals surface area contributed by atoms with Crippen molar-refractivity contribution in [3.63, 3.8) is 0 Å². The Bertz CT molecular complexity index is 758. The normalized spacial score (nSPS) is 28.7. The molecule has 3 saturated heterocycles. The van der Waals surface area contributed by atoms with E-state index in [1.807, 2.05) is 4.72 Å². The molecular formula is C23H42N2O9S. The molecular weight excluding hydrogens is 480 g/mol. The molecule has 0 radical (unpaired) electrons. The molecule has 0 unspecified atom stereocenters. The Morgan fingerprint density at radius 2 is 1.69 bits per heavy atom. The molecule has 3 rings (SSSR count). The number of rotatable bonds is 14. The summed E-state index contributed by atoms with van der Waals surface area (Å²) < 4.78 is 61.9. The van der Waals surface area contributed by atoms with E-state index in [0.717, 1.165) is 17.1 Å². The molecule has 35 heavy (non-hydrogen) atoms. The minimum absolute atomic E-state index is 0.177. The van der Waals surface area contributed by atoms with Crippen LogP contribution in [0.5, 0.6) is 0 Å². The number of morpholine rings is 1. The van der Waals surface area contributed by atoms with Gasteiger partial charge in [-0.25, -0.2) is 9.52 Å². The molecule has 0 saturated carbocycles. The van der Waals surface area contributed by atoms with Crippen LogP contribution in [0, 0.1) is 0 Å². The molecule has 0 aromatic rings. The van der Waals surface area contributed by atoms with Crippen molar-refractivity contribution in [3.8, 4) is 0 Å². The highest BCUT2D eigenvalue weighted by atomic mass is 32.2. The van der Waals surface area contributed by atoms with Gasteiger partial charge < -0.3 is 28.4 Å². The van der Waals surface area contributed by atoms with E-state index in [2.05, 4.69) is 6.92 Å². The molecule has 3 heterocycles. The van der Waals surface area contributed by atoms with Crippen molar-refractivity contribution in [2.24, 2.45) is 0 Å². The zero-order chi connectivity index (χ0) is 25.3. The fraction of sp³-hybridized carbons (Fsp3) is 0.957. The Balaban J connectivity index is 1.43. The number of ether oxygens (including phenoxy) is 6. The standard InChI is InChI=1S/C23H42N2O9S/c1-4-5-6-7-8-9-10-11-14-30-19-18(32-21-20(19)33-23(2,3)34-21)17-31-22(26)24-35(27,28)25-12-15-29-16-13-25/h18-21H,4-17H2,1-3H3,(H,24,26)/t18-,19+,20-,21-/m1/s1. The number of fused-ring (bicyclic) bond motifs is 1. The van der Waals surface area contributed by atoms with Gasteiger partial charge in [0, 0.05) is 19.7 Å². The van der Waals surface area contributed by atoms with Crippen molar-refractivity contribution in [2.75, 3.05) is 39.5 Å². The zero-order valence-electron chi connectivity index (χ0n) is 21.2. The van der Waals surface area contributed by atoms with Gasteiger partial charge in [-0.2, -0.15) is 12.7 Å². The first kappa shape index (κ1) is 28.5. The second-order valence-corrected chi connectivity index (χ2v) is 11.3. The van der Waals surface area contributed by atoms with Gasteiger partial charge in [0.05, 0.1) is 13.2 Å². The molecule has 0 aliphatic carbocycles. The second-order valence-electron chi connectivity index (χ2n) is 9.67. The molecule has 0 bridgehead atoms. The molecule has 0 spiro atoms. The minimum atomic E-state index is -4.00. The molecule has 1 amide bonds. The van der Waals surface area contributed by atoms with Gasteiger partial charge in [0.25, 0.3) is 0 Å². The lowest BCUT2D eigenvalue weighted by molar-refractivity contribution is -0.221. The van der Waals surface area contributed by atoms with E-state index in [-0.39, 0.29) is 32.9 Å². The van der Waals surface area contributed by atoms with E-state index >= 15 is 0 Å². The molecule has 204 valence electrons. The van der Waals surface area contributed by atoms with E-state index < -0.39 is 46.7 Å². The van der Waals surface area contributed by atoms with E-state index in [0.29, 0.717) is 6.61 Å². The maximum atomic E-state index is 12.4. The van der Waals surface area contributed by atoms with Gasteiger partial charge >= 0.3 is 16.3 Å². The number of carbonyl (C=O) groups is 1. The Labute approximate surface area is 209 Å². The van der Waals surface area contributed by atoms with Crippen LogP contribution in [-0.4, -0.2) is 88.7 Å². The van der Waals surface area contributed by atoms with Gasteiger partial charge in [-0.1, -0.05) is 51.9 Å². The van der Waals surface area contributed by atoms with Crippen LogP contribution >= 0.6 is 0 Å². The van der Waals surface area contributed by atoms with Crippen LogP contribution in [-0.2, 0) is 38.6 Å². The van der Waals surface area contributed by atoms with Gasteiger partial charge in [0.15, 0.2) is 12.1 Å². The first-order valence-corrected chi connectivity index (χ1v) is 14.3. The van der Waals surface area contributed by atoms with Crippen LogP contribution < -0.4 is 4.72 Å². The van der Waals surface area contributed by atoms with E-state index in [4.69, 9.17) is 28.4 Å². The summed E-state index contributed by atoms with van der Waals surface area (Å²) in [5.74, 6) is -0.801. The zero-order valence-corrected chi connectivity index (χ0v) is 22.1. The first-order valence-electron chi connectivity index (χ1n) is 12.9. The second kappa shape index (κ2) is 13.5. The monoisotopic (exact) mass is 522 g/mol. The molecule has 11 nitrogen and oxygen atoms in total. The smallest absolute Gasteiger partial charge is 0.422 e. The highest BCUT2D eigenvalue weighted by Gasteiger charge is 2.55. The van der Waals surface area contributed by atoms with E-state index in [1.165, 1.54) is 38.5 Å². The lowest BCUT2D eigenvalue weighted by Crippen LogP contribution is -2.49. The van der Waals surface area contributed by atoms with Crippen molar-refractivity contribution in [1.82, 2.24) is 9.03 Å². The summed E-state index contributed by atoms with van der Waals surface area (Å²) in [5.41, 5.74) is 0. The molecule has 3 aliphatic heterocycles. The van der Waals surface area contributed by atoms with Crippen molar-refractivity contribution in [2.45, 2.75) is 103 Å². The summed E-state index contributed by atoms with van der Waals surface area (Å²) in [6.07, 6.45) is 6.25. The van der Waals surface area contributed by atoms with Crippen molar-refractivity contribution in [1.29, 1.82) is 0 Å². The van der Waals surface area contributed by atoms with E-state index in [9.17, 15) is 13.2 Å². The van der Waals surface area contributed by atoms with Crippen LogP contribution in [0.25, 0.3) is 0 Å². The van der Waals surface area contributed by atoms with Crippen LogP contribution in [0.4, 0.5) is 4.79 Å². The maximum Gasteiger partial charge on any atom is 0.422 e. The minimum Gasteiger partial charge on any atom is -0.446 e. The first-order chi connectivity index (χ1) is 16.7. The topological polar surface area (TPSA) is 122 Å². The fourth-order valence-corrected chi connectivity index (χ4v) is 5.51. The summed E-state index contributed by atoms with van der Waals surface area (Å²) in [6, 6.07) is 0. The Morgan fingerprint density at radius 3 is 2.37 bits per heavy atom. The van der Waals surface area contributed by atoms with Gasteiger partial charge in [-0.05, 0) is 20.3 Å². The van der Waals surface area contributed by atoms with Gasteiger partial charge in [-0.3, -0.25) is 0 Å². The number of amides is 1. The number of nitrogens with zero attached hydrogens (tertiary/aromatic N) is 1. The molecule has 1 N–H and O–H groups in total. The van der Waals surface area contributed by atoms with Crippen LogP contribution in [0.3, 0.4) is 0 Å². The highest BCUT2D eigenvalue weighted by molar-refractivity contribution is 7.87. The Hall–Kier alpha value is -1.02. The SMILES string of the molecule is CCCCCCCCCCO[C@@H]1[C@H]2OC(C)(C)O[C@H]2O[C@@H]1COC(=O)NS(=O)(=O)N1CCOCC1. The third-order valence-corrected chi connectivity index (χ3v) is 7.77.